The van der Waals surface area contributed by atoms with Gasteiger partial charge in [0.25, 0.3) is 10.0 Å². The van der Waals surface area contributed by atoms with Crippen LogP contribution < -0.4 is 9.04 Å². The van der Waals surface area contributed by atoms with Gasteiger partial charge in [-0.15, -0.1) is 6.58 Å². The second-order valence-electron chi connectivity index (χ2n) is 5.27. The van der Waals surface area contributed by atoms with Gasteiger partial charge in [-0.1, -0.05) is 12.1 Å². The van der Waals surface area contributed by atoms with E-state index in [0.29, 0.717) is 11.4 Å². The van der Waals surface area contributed by atoms with Crippen molar-refractivity contribution in [2.75, 3.05) is 24.6 Å². The third-order valence-electron chi connectivity index (χ3n) is 3.59. The molecule has 0 saturated heterocycles. The minimum atomic E-state index is -3.84. The fraction of sp³-hybridized carbons (Fsp3) is 0.211. The molecule has 0 heterocycles. The lowest BCUT2D eigenvalue weighted by Crippen LogP contribution is -2.31. The van der Waals surface area contributed by atoms with Crippen molar-refractivity contribution in [3.05, 3.63) is 66.7 Å². The maximum absolute atomic E-state index is 13.1. The van der Waals surface area contributed by atoms with E-state index >= 15 is 0 Å². The molecule has 2 rings (SSSR count). The van der Waals surface area contributed by atoms with Crippen LogP contribution in [0.4, 0.5) is 5.69 Å². The molecule has 0 unspecified atom stereocenters. The molecule has 26 heavy (non-hydrogen) atoms. The minimum absolute atomic E-state index is 0.0562. The number of carbonyl (C=O) groups excluding carboxylic acids is 1. The van der Waals surface area contributed by atoms with Crippen LogP contribution in [-0.2, 0) is 14.8 Å². The zero-order valence-corrected chi connectivity index (χ0v) is 15.5. The number of carbonyl (C=O) groups is 1. The first-order chi connectivity index (χ1) is 12.4. The monoisotopic (exact) mass is 375 g/mol. The number of esters is 1. The second-order valence-corrected chi connectivity index (χ2v) is 7.13. The van der Waals surface area contributed by atoms with Gasteiger partial charge in [-0.05, 0) is 49.4 Å². The van der Waals surface area contributed by atoms with Gasteiger partial charge in [-0.3, -0.25) is 4.31 Å². The lowest BCUT2D eigenvalue weighted by molar-refractivity contribution is 0.0526. The van der Waals surface area contributed by atoms with Gasteiger partial charge in [0.05, 0.1) is 36.4 Å². The quantitative estimate of drug-likeness (QED) is 0.523. The zero-order valence-electron chi connectivity index (χ0n) is 14.7. The average molecular weight is 375 g/mol. The normalized spacial score (nSPS) is 10.8. The van der Waals surface area contributed by atoms with Crippen LogP contribution in [0.25, 0.3) is 0 Å². The molecule has 2 aromatic rings. The Bertz CT molecular complexity index is 875. The Hall–Kier alpha value is -2.80. The summed E-state index contributed by atoms with van der Waals surface area (Å²) in [6.07, 6.45) is 1.48. The van der Waals surface area contributed by atoms with Crippen molar-refractivity contribution < 1.29 is 22.7 Å². The highest BCUT2D eigenvalue weighted by Crippen LogP contribution is 2.26. The van der Waals surface area contributed by atoms with Crippen LogP contribution in [0.2, 0.25) is 0 Å². The van der Waals surface area contributed by atoms with Crippen LogP contribution in [0.3, 0.4) is 0 Å². The van der Waals surface area contributed by atoms with E-state index in [4.69, 9.17) is 9.47 Å². The summed E-state index contributed by atoms with van der Waals surface area (Å²) in [6, 6.07) is 12.4. The van der Waals surface area contributed by atoms with Gasteiger partial charge in [0.2, 0.25) is 0 Å². The molecule has 2 aromatic carbocycles. The summed E-state index contributed by atoms with van der Waals surface area (Å²) in [4.78, 5) is 12.1. The molecule has 0 aliphatic heterocycles. The maximum atomic E-state index is 13.1. The predicted molar refractivity (Wildman–Crippen MR) is 100 cm³/mol. The molecular formula is C19H21NO5S. The lowest BCUT2D eigenvalue weighted by Gasteiger charge is -2.23. The number of sulfonamides is 1. The molecule has 0 bridgehead atoms. The fourth-order valence-corrected chi connectivity index (χ4v) is 3.76. The van der Waals surface area contributed by atoms with Crippen LogP contribution in [0.5, 0.6) is 5.75 Å². The van der Waals surface area contributed by atoms with Crippen molar-refractivity contribution in [1.29, 1.82) is 0 Å². The number of hydrogen-bond donors (Lipinski definition) is 0. The Labute approximate surface area is 153 Å². The van der Waals surface area contributed by atoms with Gasteiger partial charge in [0.1, 0.15) is 5.75 Å². The van der Waals surface area contributed by atoms with Gasteiger partial charge in [-0.25, -0.2) is 13.2 Å². The van der Waals surface area contributed by atoms with E-state index in [1.165, 1.54) is 35.7 Å². The summed E-state index contributed by atoms with van der Waals surface area (Å²) in [6.45, 7) is 5.63. The summed E-state index contributed by atoms with van der Waals surface area (Å²) >= 11 is 0. The first-order valence-corrected chi connectivity index (χ1v) is 9.43. The van der Waals surface area contributed by atoms with Gasteiger partial charge in [-0.2, -0.15) is 0 Å². The van der Waals surface area contributed by atoms with E-state index in [2.05, 4.69) is 6.58 Å². The first kappa shape index (κ1) is 19.5. The molecule has 0 fully saturated rings. The van der Waals surface area contributed by atoms with Crippen molar-refractivity contribution in [2.24, 2.45) is 0 Å². The number of rotatable bonds is 8. The molecule has 0 saturated carbocycles. The molecule has 0 aliphatic rings. The largest absolute Gasteiger partial charge is 0.497 e. The molecule has 0 N–H and O–H groups in total. The molecule has 0 radical (unpaired) electrons. The van der Waals surface area contributed by atoms with E-state index in [1.54, 1.807) is 37.3 Å². The fourth-order valence-electron chi connectivity index (χ4n) is 2.34. The number of methoxy groups -OCH3 is 1. The Morgan fingerprint density at radius 1 is 1.19 bits per heavy atom. The zero-order chi connectivity index (χ0) is 19.2. The summed E-state index contributed by atoms with van der Waals surface area (Å²) in [5.74, 6) is 0.0540. The standard InChI is InChI=1S/C19H21NO5S/c1-4-13-20(16-8-6-7-15(14-16)19(21)25-5-2)26(22,23)18-11-9-17(24-3)10-12-18/h4,6-12,14H,1,5,13H2,2-3H3. The predicted octanol–water partition coefficient (Wildman–Crippen LogP) is 3.25. The van der Waals surface area contributed by atoms with E-state index in [0.717, 1.165) is 0 Å². The van der Waals surface area contributed by atoms with Crippen LogP contribution >= 0.6 is 0 Å². The molecule has 0 aromatic heterocycles. The Morgan fingerprint density at radius 2 is 1.88 bits per heavy atom. The number of benzene rings is 2. The van der Waals surface area contributed by atoms with Gasteiger partial charge in [0, 0.05) is 0 Å². The Balaban J connectivity index is 2.45. The van der Waals surface area contributed by atoms with E-state index < -0.39 is 16.0 Å². The van der Waals surface area contributed by atoms with Crippen molar-refractivity contribution >= 4 is 21.7 Å². The third kappa shape index (κ3) is 4.23. The molecular weight excluding hydrogens is 354 g/mol. The first-order valence-electron chi connectivity index (χ1n) is 7.99. The van der Waals surface area contributed by atoms with Crippen LogP contribution in [0.1, 0.15) is 17.3 Å². The molecule has 0 aliphatic carbocycles. The lowest BCUT2D eigenvalue weighted by atomic mass is 10.2. The highest BCUT2D eigenvalue weighted by Gasteiger charge is 2.24. The second kappa shape index (κ2) is 8.53. The molecule has 138 valence electrons. The number of ether oxygens (including phenoxy) is 2. The van der Waals surface area contributed by atoms with Crippen molar-refractivity contribution in [2.45, 2.75) is 11.8 Å². The highest BCUT2D eigenvalue weighted by atomic mass is 32.2. The third-order valence-corrected chi connectivity index (χ3v) is 5.40. The minimum Gasteiger partial charge on any atom is -0.497 e. The summed E-state index contributed by atoms with van der Waals surface area (Å²) in [7, 11) is -2.33. The van der Waals surface area contributed by atoms with E-state index in [1.807, 2.05) is 0 Å². The van der Waals surface area contributed by atoms with Crippen LogP contribution in [0, 0.1) is 0 Å². The molecule has 0 spiro atoms. The molecule has 0 atom stereocenters. The van der Waals surface area contributed by atoms with E-state index in [9.17, 15) is 13.2 Å². The van der Waals surface area contributed by atoms with Crippen molar-refractivity contribution in [3.63, 3.8) is 0 Å². The van der Waals surface area contributed by atoms with Gasteiger partial charge >= 0.3 is 5.97 Å². The Morgan fingerprint density at radius 3 is 2.46 bits per heavy atom. The van der Waals surface area contributed by atoms with E-state index in [-0.39, 0.29) is 23.6 Å². The number of anilines is 1. The summed E-state index contributed by atoms with van der Waals surface area (Å²) in [5, 5.41) is 0. The van der Waals surface area contributed by atoms with Gasteiger partial charge in [0.15, 0.2) is 0 Å². The molecule has 0 amide bonds. The molecule has 7 heteroatoms. The van der Waals surface area contributed by atoms with Crippen molar-refractivity contribution in [3.8, 4) is 5.75 Å². The maximum Gasteiger partial charge on any atom is 0.338 e. The van der Waals surface area contributed by atoms with Gasteiger partial charge < -0.3 is 9.47 Å². The number of hydrogen-bond acceptors (Lipinski definition) is 5. The summed E-state index contributed by atoms with van der Waals surface area (Å²) < 4.78 is 37.3. The SMILES string of the molecule is C=CCN(c1cccc(C(=O)OCC)c1)S(=O)(=O)c1ccc(OC)cc1. The van der Waals surface area contributed by atoms with Crippen LogP contribution in [-0.4, -0.2) is 34.6 Å². The van der Waals surface area contributed by atoms with Crippen LogP contribution in [0.15, 0.2) is 66.1 Å². The smallest absolute Gasteiger partial charge is 0.338 e. The molecule has 6 nitrogen and oxygen atoms in total. The number of nitrogens with zero attached hydrogens (tertiary/aromatic N) is 1. The Kier molecular flexibility index (Phi) is 6.41. The average Bonchev–Trinajstić information content (AvgIpc) is 2.66. The van der Waals surface area contributed by atoms with Crippen molar-refractivity contribution in [1.82, 2.24) is 0 Å². The topological polar surface area (TPSA) is 72.9 Å². The summed E-state index contributed by atoms with van der Waals surface area (Å²) in [5.41, 5.74) is 0.634. The highest BCUT2D eigenvalue weighted by molar-refractivity contribution is 7.92.